The number of hydrogen-bond acceptors (Lipinski definition) is 4. The van der Waals surface area contributed by atoms with Crippen molar-refractivity contribution in [3.05, 3.63) is 46.0 Å². The summed E-state index contributed by atoms with van der Waals surface area (Å²) in [5.74, 6) is 4.61. The lowest BCUT2D eigenvalue weighted by molar-refractivity contribution is -0.144. The van der Waals surface area contributed by atoms with E-state index in [-0.39, 0.29) is 5.57 Å². The molecular formula is C14H11BrO4. The molecule has 1 aromatic rings. The normalized spacial score (nSPS) is 25.8. The Bertz CT molecular complexity index is 594. The van der Waals surface area contributed by atoms with Gasteiger partial charge in [-0.15, -0.1) is 0 Å². The van der Waals surface area contributed by atoms with Crippen LogP contribution in [0.2, 0.25) is 0 Å². The van der Waals surface area contributed by atoms with Gasteiger partial charge in [0.25, 0.3) is 0 Å². The summed E-state index contributed by atoms with van der Waals surface area (Å²) in [7, 11) is 0. The van der Waals surface area contributed by atoms with Gasteiger partial charge in [0.2, 0.25) is 5.78 Å². The summed E-state index contributed by atoms with van der Waals surface area (Å²) in [5, 5.41) is 28.3. The van der Waals surface area contributed by atoms with Gasteiger partial charge in [0.05, 0.1) is 12.2 Å². The van der Waals surface area contributed by atoms with Crippen molar-refractivity contribution in [2.24, 2.45) is 0 Å². The van der Waals surface area contributed by atoms with Gasteiger partial charge in [0, 0.05) is 10.0 Å². The Morgan fingerprint density at radius 1 is 1.26 bits per heavy atom. The van der Waals surface area contributed by atoms with Gasteiger partial charge >= 0.3 is 0 Å². The zero-order valence-corrected chi connectivity index (χ0v) is 11.4. The predicted octanol–water partition coefficient (Wildman–Crippen LogP) is 0.394. The lowest BCUT2D eigenvalue weighted by atomic mass is 9.97. The Labute approximate surface area is 118 Å². The minimum atomic E-state index is -2.16. The van der Waals surface area contributed by atoms with Crippen molar-refractivity contribution in [3.8, 4) is 11.8 Å². The summed E-state index contributed by atoms with van der Waals surface area (Å²) in [6.45, 7) is -0.840. The van der Waals surface area contributed by atoms with E-state index < -0.39 is 24.1 Å². The molecule has 0 spiro atoms. The first-order valence-corrected chi connectivity index (χ1v) is 6.32. The van der Waals surface area contributed by atoms with E-state index in [1.165, 1.54) is 0 Å². The third kappa shape index (κ3) is 2.62. The van der Waals surface area contributed by atoms with Gasteiger partial charge in [-0.05, 0) is 30.3 Å². The van der Waals surface area contributed by atoms with E-state index in [4.69, 9.17) is 5.11 Å². The minimum absolute atomic E-state index is 0.00645. The summed E-state index contributed by atoms with van der Waals surface area (Å²) in [6.07, 6.45) is -0.274. The number of benzene rings is 1. The third-order valence-corrected chi connectivity index (χ3v) is 3.41. The highest BCUT2D eigenvalue weighted by Crippen LogP contribution is 2.25. The lowest BCUT2D eigenvalue weighted by Gasteiger charge is -2.21. The van der Waals surface area contributed by atoms with E-state index in [0.29, 0.717) is 5.56 Å². The van der Waals surface area contributed by atoms with Crippen LogP contribution in [0.3, 0.4) is 0 Å². The van der Waals surface area contributed by atoms with E-state index in [9.17, 15) is 15.0 Å². The largest absolute Gasteiger partial charge is 0.393 e. The van der Waals surface area contributed by atoms with Gasteiger partial charge in [-0.1, -0.05) is 27.8 Å². The standard InChI is InChI=1S/C14H11BrO4/c15-11-5-2-9(3-6-11)1-4-10-7-12(17)14(19,8-16)13(10)18/h2-3,5-7,12,16-17,19H,8H2/t12-,14-/m0/s1. The molecule has 0 aromatic heterocycles. The fourth-order valence-electron chi connectivity index (χ4n) is 1.68. The van der Waals surface area contributed by atoms with Gasteiger partial charge in [-0.25, -0.2) is 0 Å². The molecule has 0 amide bonds. The Morgan fingerprint density at radius 2 is 1.89 bits per heavy atom. The lowest BCUT2D eigenvalue weighted by Crippen LogP contribution is -2.48. The van der Waals surface area contributed by atoms with Gasteiger partial charge in [-0.3, -0.25) is 4.79 Å². The van der Waals surface area contributed by atoms with Crippen LogP contribution in [-0.4, -0.2) is 39.4 Å². The Morgan fingerprint density at radius 3 is 2.42 bits per heavy atom. The number of Topliss-reactive ketones (excluding diaryl/α,β-unsaturated/α-hetero) is 1. The van der Waals surface area contributed by atoms with Gasteiger partial charge < -0.3 is 15.3 Å². The number of aliphatic hydroxyl groups is 3. The highest BCUT2D eigenvalue weighted by molar-refractivity contribution is 9.10. The van der Waals surface area contributed by atoms with Crippen LogP contribution in [0, 0.1) is 11.8 Å². The second-order valence-corrected chi connectivity index (χ2v) is 5.11. The molecule has 0 radical (unpaired) electrons. The SMILES string of the molecule is O=C1C(C#Cc2ccc(Br)cc2)=C[C@H](O)[C@@]1(O)CO. The summed E-state index contributed by atoms with van der Waals surface area (Å²) < 4.78 is 0.916. The number of carbonyl (C=O) groups excluding carboxylic acids is 1. The van der Waals surface area contributed by atoms with Gasteiger partial charge in [0.15, 0.2) is 5.60 Å². The van der Waals surface area contributed by atoms with Crippen molar-refractivity contribution in [3.63, 3.8) is 0 Å². The highest BCUT2D eigenvalue weighted by atomic mass is 79.9. The van der Waals surface area contributed by atoms with Crippen molar-refractivity contribution in [1.29, 1.82) is 0 Å². The maximum atomic E-state index is 11.8. The van der Waals surface area contributed by atoms with Crippen LogP contribution in [0.1, 0.15) is 5.56 Å². The predicted molar refractivity (Wildman–Crippen MR) is 72.2 cm³/mol. The Hall–Kier alpha value is -1.45. The van der Waals surface area contributed by atoms with Crippen molar-refractivity contribution in [2.45, 2.75) is 11.7 Å². The molecule has 0 unspecified atom stereocenters. The molecule has 0 bridgehead atoms. The van der Waals surface area contributed by atoms with Gasteiger partial charge in [-0.2, -0.15) is 0 Å². The number of ketones is 1. The fourth-order valence-corrected chi connectivity index (χ4v) is 1.94. The molecule has 4 nitrogen and oxygen atoms in total. The van der Waals surface area contributed by atoms with E-state index in [2.05, 4.69) is 27.8 Å². The molecule has 0 saturated heterocycles. The van der Waals surface area contributed by atoms with Crippen LogP contribution in [0.4, 0.5) is 0 Å². The maximum absolute atomic E-state index is 11.8. The molecule has 2 atom stereocenters. The topological polar surface area (TPSA) is 77.8 Å². The van der Waals surface area contributed by atoms with Crippen LogP contribution in [0.5, 0.6) is 0 Å². The average molecular weight is 323 g/mol. The molecule has 0 aliphatic heterocycles. The molecule has 98 valence electrons. The monoisotopic (exact) mass is 322 g/mol. The zero-order valence-electron chi connectivity index (χ0n) is 9.80. The van der Waals surface area contributed by atoms with E-state index in [1.807, 2.05) is 12.1 Å². The van der Waals surface area contributed by atoms with Crippen LogP contribution >= 0.6 is 15.9 Å². The van der Waals surface area contributed by atoms with Crippen LogP contribution in [-0.2, 0) is 4.79 Å². The number of rotatable bonds is 1. The highest BCUT2D eigenvalue weighted by Gasteiger charge is 2.48. The quantitative estimate of drug-likeness (QED) is 0.654. The molecule has 19 heavy (non-hydrogen) atoms. The zero-order chi connectivity index (χ0) is 14.0. The summed E-state index contributed by atoms with van der Waals surface area (Å²) in [6, 6.07) is 7.17. The fraction of sp³-hybridized carbons (Fsp3) is 0.214. The van der Waals surface area contributed by atoms with E-state index in [1.54, 1.807) is 12.1 Å². The summed E-state index contributed by atoms with van der Waals surface area (Å²) in [5.41, 5.74) is -1.46. The van der Waals surface area contributed by atoms with E-state index in [0.717, 1.165) is 10.5 Å². The molecule has 2 rings (SSSR count). The first-order chi connectivity index (χ1) is 8.97. The number of carbonyl (C=O) groups is 1. The molecule has 1 aliphatic carbocycles. The molecule has 0 saturated carbocycles. The Balaban J connectivity index is 2.24. The van der Waals surface area contributed by atoms with Crippen molar-refractivity contribution in [2.75, 3.05) is 6.61 Å². The number of hydrogen-bond donors (Lipinski definition) is 3. The van der Waals surface area contributed by atoms with Crippen LogP contribution in [0.15, 0.2) is 40.4 Å². The maximum Gasteiger partial charge on any atom is 0.207 e. The van der Waals surface area contributed by atoms with Crippen LogP contribution in [0.25, 0.3) is 0 Å². The molecule has 0 fully saturated rings. The second kappa shape index (κ2) is 5.27. The summed E-state index contributed by atoms with van der Waals surface area (Å²) in [4.78, 5) is 11.8. The Kier molecular flexibility index (Phi) is 3.88. The van der Waals surface area contributed by atoms with Crippen LogP contribution < -0.4 is 0 Å². The number of aliphatic hydroxyl groups excluding tert-OH is 2. The third-order valence-electron chi connectivity index (χ3n) is 2.88. The molecule has 3 N–H and O–H groups in total. The average Bonchev–Trinajstić information content (AvgIpc) is 2.63. The smallest absolute Gasteiger partial charge is 0.207 e. The first kappa shape index (κ1) is 14.0. The molecule has 1 aliphatic rings. The van der Waals surface area contributed by atoms with Gasteiger partial charge in [0.1, 0.15) is 6.10 Å². The molecule has 0 heterocycles. The van der Waals surface area contributed by atoms with Crippen molar-refractivity contribution >= 4 is 21.7 Å². The van der Waals surface area contributed by atoms with Crippen molar-refractivity contribution < 1.29 is 20.1 Å². The first-order valence-electron chi connectivity index (χ1n) is 5.53. The summed E-state index contributed by atoms with van der Waals surface area (Å²) >= 11 is 3.30. The second-order valence-electron chi connectivity index (χ2n) is 4.19. The molecular weight excluding hydrogens is 312 g/mol. The van der Waals surface area contributed by atoms with E-state index >= 15 is 0 Å². The number of halogens is 1. The van der Waals surface area contributed by atoms with Crippen molar-refractivity contribution in [1.82, 2.24) is 0 Å². The minimum Gasteiger partial charge on any atom is -0.393 e. The molecule has 5 heteroatoms. The molecule has 1 aromatic carbocycles.